The molecule has 1 unspecified atom stereocenters. The number of likely N-dealkylation sites (N-methyl/N-ethyl adjacent to an activating group) is 1. The predicted octanol–water partition coefficient (Wildman–Crippen LogP) is 1.71. The lowest BCUT2D eigenvalue weighted by Gasteiger charge is -2.31. The summed E-state index contributed by atoms with van der Waals surface area (Å²) in [4.78, 5) is 16.3. The van der Waals surface area contributed by atoms with Crippen molar-refractivity contribution in [3.63, 3.8) is 0 Å². The molecule has 1 rings (SSSR count). The molecule has 4 heteroatoms. The van der Waals surface area contributed by atoms with Crippen molar-refractivity contribution < 1.29 is 4.79 Å². The molecule has 1 heterocycles. The predicted molar refractivity (Wildman–Crippen MR) is 66.3 cm³/mol. The van der Waals surface area contributed by atoms with Gasteiger partial charge in [-0.1, -0.05) is 15.9 Å². The Labute approximate surface area is 101 Å². The molecule has 0 N–H and O–H groups in total. The molecule has 3 nitrogen and oxygen atoms in total. The van der Waals surface area contributed by atoms with Crippen molar-refractivity contribution in [3.8, 4) is 0 Å². The van der Waals surface area contributed by atoms with Gasteiger partial charge in [0.05, 0.1) is 4.32 Å². The fraction of sp³-hybridized carbons (Fsp3) is 0.909. The third kappa shape index (κ3) is 3.45. The maximum atomic E-state index is 12.1. The van der Waals surface area contributed by atoms with Crippen LogP contribution in [0, 0.1) is 0 Å². The summed E-state index contributed by atoms with van der Waals surface area (Å²) >= 11 is 3.44. The van der Waals surface area contributed by atoms with E-state index >= 15 is 0 Å². The van der Waals surface area contributed by atoms with Crippen LogP contribution in [0.4, 0.5) is 0 Å². The second kappa shape index (κ2) is 4.83. The molecule has 1 fully saturated rings. The van der Waals surface area contributed by atoms with Crippen molar-refractivity contribution >= 4 is 21.8 Å². The number of hydrogen-bond acceptors (Lipinski definition) is 2. The van der Waals surface area contributed by atoms with Crippen LogP contribution in [-0.4, -0.2) is 53.3 Å². The second-order valence-electron chi connectivity index (χ2n) is 5.03. The Kier molecular flexibility index (Phi) is 4.18. The number of nitrogens with zero attached hydrogens (tertiary/aromatic N) is 2. The molecule has 0 spiro atoms. The van der Waals surface area contributed by atoms with Crippen molar-refractivity contribution in [2.24, 2.45) is 0 Å². The standard InChI is InChI=1S/C11H21BrN2O/c1-11(2,12)10(15)14-7-5-6-9(14)8-13(3)4/h9H,5-8H2,1-4H3. The van der Waals surface area contributed by atoms with Crippen molar-refractivity contribution in [2.45, 2.75) is 37.1 Å². The molecule has 0 radical (unpaired) electrons. The van der Waals surface area contributed by atoms with Gasteiger partial charge in [-0.25, -0.2) is 0 Å². The highest BCUT2D eigenvalue weighted by molar-refractivity contribution is 9.10. The number of hydrogen-bond donors (Lipinski definition) is 0. The van der Waals surface area contributed by atoms with Gasteiger partial charge in [0.25, 0.3) is 0 Å². The number of alkyl halides is 1. The van der Waals surface area contributed by atoms with Gasteiger partial charge in [-0.15, -0.1) is 0 Å². The summed E-state index contributed by atoms with van der Waals surface area (Å²) in [6.07, 6.45) is 2.26. The molecular formula is C11H21BrN2O. The fourth-order valence-electron chi connectivity index (χ4n) is 2.06. The minimum Gasteiger partial charge on any atom is -0.337 e. The van der Waals surface area contributed by atoms with E-state index in [4.69, 9.17) is 0 Å². The lowest BCUT2D eigenvalue weighted by atomic mass is 10.1. The summed E-state index contributed by atoms with van der Waals surface area (Å²) in [6.45, 7) is 5.71. The molecule has 1 aliphatic rings. The zero-order valence-electron chi connectivity index (χ0n) is 10.1. The molecule has 0 aromatic heterocycles. The Morgan fingerprint density at radius 1 is 1.53 bits per heavy atom. The zero-order chi connectivity index (χ0) is 11.6. The third-order valence-electron chi connectivity index (χ3n) is 2.72. The minimum absolute atomic E-state index is 0.215. The number of amides is 1. The Balaban J connectivity index is 2.64. The Morgan fingerprint density at radius 2 is 2.13 bits per heavy atom. The van der Waals surface area contributed by atoms with Gasteiger partial charge in [-0.3, -0.25) is 4.79 Å². The lowest BCUT2D eigenvalue weighted by Crippen LogP contribution is -2.47. The largest absolute Gasteiger partial charge is 0.337 e. The first kappa shape index (κ1) is 13.0. The van der Waals surface area contributed by atoms with Crippen LogP contribution in [0.3, 0.4) is 0 Å². The summed E-state index contributed by atoms with van der Waals surface area (Å²) in [5.74, 6) is 0.215. The van der Waals surface area contributed by atoms with Crippen molar-refractivity contribution in [3.05, 3.63) is 0 Å². The molecule has 0 aromatic rings. The van der Waals surface area contributed by atoms with E-state index in [-0.39, 0.29) is 5.91 Å². The Bertz CT molecular complexity index is 235. The highest BCUT2D eigenvalue weighted by Gasteiger charge is 2.36. The van der Waals surface area contributed by atoms with Crippen LogP contribution in [0.15, 0.2) is 0 Å². The molecule has 15 heavy (non-hydrogen) atoms. The van der Waals surface area contributed by atoms with E-state index in [9.17, 15) is 4.79 Å². The summed E-state index contributed by atoms with van der Waals surface area (Å²) < 4.78 is -0.429. The van der Waals surface area contributed by atoms with Crippen molar-refractivity contribution in [1.82, 2.24) is 9.80 Å². The smallest absolute Gasteiger partial charge is 0.239 e. The van der Waals surface area contributed by atoms with E-state index in [2.05, 4.69) is 34.9 Å². The van der Waals surface area contributed by atoms with E-state index in [0.717, 1.165) is 25.9 Å². The molecule has 1 saturated heterocycles. The average molecular weight is 277 g/mol. The quantitative estimate of drug-likeness (QED) is 0.733. The number of likely N-dealkylation sites (tertiary alicyclic amines) is 1. The van der Waals surface area contributed by atoms with Gasteiger partial charge in [0, 0.05) is 19.1 Å². The fourth-order valence-corrected chi connectivity index (χ4v) is 2.28. The molecule has 0 aromatic carbocycles. The van der Waals surface area contributed by atoms with Crippen LogP contribution in [0.1, 0.15) is 26.7 Å². The first-order valence-corrected chi connectivity index (χ1v) is 6.26. The summed E-state index contributed by atoms with van der Waals surface area (Å²) in [6, 6.07) is 0.393. The van der Waals surface area contributed by atoms with E-state index in [0.29, 0.717) is 6.04 Å². The third-order valence-corrected chi connectivity index (χ3v) is 3.06. The average Bonchev–Trinajstić information content (AvgIpc) is 2.48. The molecule has 0 bridgehead atoms. The van der Waals surface area contributed by atoms with Gasteiger partial charge in [0.1, 0.15) is 0 Å². The Hall–Kier alpha value is -0.0900. The van der Waals surface area contributed by atoms with Gasteiger partial charge in [-0.2, -0.15) is 0 Å². The van der Waals surface area contributed by atoms with Gasteiger partial charge in [-0.05, 0) is 40.8 Å². The SMILES string of the molecule is CN(C)CC1CCCN1C(=O)C(C)(C)Br. The first-order valence-electron chi connectivity index (χ1n) is 5.47. The van der Waals surface area contributed by atoms with Gasteiger partial charge in [0.2, 0.25) is 5.91 Å². The van der Waals surface area contributed by atoms with Crippen molar-refractivity contribution in [2.75, 3.05) is 27.2 Å². The topological polar surface area (TPSA) is 23.6 Å². The van der Waals surface area contributed by atoms with Crippen LogP contribution in [0.2, 0.25) is 0 Å². The lowest BCUT2D eigenvalue weighted by molar-refractivity contribution is -0.133. The molecule has 0 saturated carbocycles. The highest BCUT2D eigenvalue weighted by atomic mass is 79.9. The summed E-state index contributed by atoms with van der Waals surface area (Å²) in [5, 5.41) is 0. The van der Waals surface area contributed by atoms with Crippen LogP contribution < -0.4 is 0 Å². The van der Waals surface area contributed by atoms with E-state index in [1.807, 2.05) is 18.7 Å². The molecule has 1 aliphatic heterocycles. The maximum absolute atomic E-state index is 12.1. The Morgan fingerprint density at radius 3 is 2.60 bits per heavy atom. The van der Waals surface area contributed by atoms with Gasteiger partial charge in [0.15, 0.2) is 0 Å². The maximum Gasteiger partial charge on any atom is 0.239 e. The molecule has 1 atom stereocenters. The summed E-state index contributed by atoms with van der Waals surface area (Å²) in [5.41, 5.74) is 0. The molecule has 0 aliphatic carbocycles. The normalized spacial score (nSPS) is 22.5. The highest BCUT2D eigenvalue weighted by Crippen LogP contribution is 2.26. The number of halogens is 1. The monoisotopic (exact) mass is 276 g/mol. The molecule has 88 valence electrons. The summed E-state index contributed by atoms with van der Waals surface area (Å²) in [7, 11) is 4.11. The molecular weight excluding hydrogens is 256 g/mol. The van der Waals surface area contributed by atoms with Crippen LogP contribution in [-0.2, 0) is 4.79 Å². The minimum atomic E-state index is -0.429. The first-order chi connectivity index (χ1) is 6.82. The van der Waals surface area contributed by atoms with E-state index < -0.39 is 4.32 Å². The van der Waals surface area contributed by atoms with Crippen LogP contribution in [0.25, 0.3) is 0 Å². The van der Waals surface area contributed by atoms with Gasteiger partial charge < -0.3 is 9.80 Å². The number of carbonyl (C=O) groups excluding carboxylic acids is 1. The van der Waals surface area contributed by atoms with Crippen LogP contribution >= 0.6 is 15.9 Å². The zero-order valence-corrected chi connectivity index (χ0v) is 11.7. The number of rotatable bonds is 3. The molecule has 1 amide bonds. The van der Waals surface area contributed by atoms with Gasteiger partial charge >= 0.3 is 0 Å². The second-order valence-corrected chi connectivity index (χ2v) is 7.01. The van der Waals surface area contributed by atoms with E-state index in [1.54, 1.807) is 0 Å². The van der Waals surface area contributed by atoms with Crippen LogP contribution in [0.5, 0.6) is 0 Å². The van der Waals surface area contributed by atoms with E-state index in [1.165, 1.54) is 0 Å². The van der Waals surface area contributed by atoms with Crippen molar-refractivity contribution in [1.29, 1.82) is 0 Å². The number of carbonyl (C=O) groups is 1.